The number of nitrogens with one attached hydrogen (secondary N) is 2. The number of methoxy groups -OCH3 is 1. The molecule has 2 amide bonds. The van der Waals surface area contributed by atoms with Gasteiger partial charge in [-0.25, -0.2) is 0 Å². The topological polar surface area (TPSA) is 67.4 Å². The van der Waals surface area contributed by atoms with E-state index in [9.17, 15) is 9.59 Å². The van der Waals surface area contributed by atoms with Crippen molar-refractivity contribution >= 4 is 45.6 Å². The van der Waals surface area contributed by atoms with E-state index in [2.05, 4.69) is 10.6 Å². The van der Waals surface area contributed by atoms with Crippen LogP contribution in [0.15, 0.2) is 54.6 Å². The average Bonchev–Trinajstić information content (AvgIpc) is 3.53. The molecule has 1 aliphatic rings. The van der Waals surface area contributed by atoms with E-state index in [0.29, 0.717) is 27.7 Å². The largest absolute Gasteiger partial charge is 0.495 e. The van der Waals surface area contributed by atoms with Crippen LogP contribution in [-0.4, -0.2) is 18.9 Å². The van der Waals surface area contributed by atoms with E-state index in [0.717, 1.165) is 23.6 Å². The van der Waals surface area contributed by atoms with Crippen molar-refractivity contribution in [2.45, 2.75) is 12.8 Å². The first-order valence-electron chi connectivity index (χ1n) is 9.03. The first kappa shape index (κ1) is 18.3. The zero-order valence-corrected chi connectivity index (χ0v) is 16.0. The van der Waals surface area contributed by atoms with Gasteiger partial charge in [0, 0.05) is 11.6 Å². The molecular formula is C22H19ClN2O3. The molecule has 6 heteroatoms. The van der Waals surface area contributed by atoms with Crippen molar-refractivity contribution in [1.82, 2.24) is 0 Å². The lowest BCUT2D eigenvalue weighted by molar-refractivity contribution is -0.117. The predicted molar refractivity (Wildman–Crippen MR) is 111 cm³/mol. The van der Waals surface area contributed by atoms with Crippen molar-refractivity contribution in [3.8, 4) is 5.75 Å². The van der Waals surface area contributed by atoms with Crippen LogP contribution in [-0.2, 0) is 4.79 Å². The number of rotatable bonds is 5. The molecule has 5 nitrogen and oxygen atoms in total. The van der Waals surface area contributed by atoms with Crippen molar-refractivity contribution in [1.29, 1.82) is 0 Å². The van der Waals surface area contributed by atoms with E-state index in [4.69, 9.17) is 16.3 Å². The molecule has 1 aliphatic carbocycles. The smallest absolute Gasteiger partial charge is 0.257 e. The number of hydrogen-bond acceptors (Lipinski definition) is 3. The molecule has 142 valence electrons. The van der Waals surface area contributed by atoms with Crippen molar-refractivity contribution in [3.63, 3.8) is 0 Å². The number of benzene rings is 3. The van der Waals surface area contributed by atoms with E-state index in [1.807, 2.05) is 30.3 Å². The lowest BCUT2D eigenvalue weighted by Gasteiger charge is -2.14. The van der Waals surface area contributed by atoms with Crippen molar-refractivity contribution in [3.05, 3.63) is 65.2 Å². The van der Waals surface area contributed by atoms with Gasteiger partial charge >= 0.3 is 0 Å². The lowest BCUT2D eigenvalue weighted by atomic mass is 10.0. The number of ether oxygens (including phenoxy) is 1. The summed E-state index contributed by atoms with van der Waals surface area (Å²) in [6, 6.07) is 16.4. The number of amides is 2. The maximum atomic E-state index is 13.0. The molecule has 0 aromatic heterocycles. The highest BCUT2D eigenvalue weighted by Gasteiger charge is 2.30. The summed E-state index contributed by atoms with van der Waals surface area (Å²) >= 11 is 6.15. The predicted octanol–water partition coefficient (Wildman–Crippen LogP) is 5.10. The third-order valence-corrected chi connectivity index (χ3v) is 5.04. The van der Waals surface area contributed by atoms with Crippen LogP contribution in [0.4, 0.5) is 11.4 Å². The Balaban J connectivity index is 1.67. The third-order valence-electron chi connectivity index (χ3n) is 4.75. The molecule has 3 aromatic rings. The summed E-state index contributed by atoms with van der Waals surface area (Å²) in [5, 5.41) is 8.04. The average molecular weight is 395 g/mol. The third kappa shape index (κ3) is 3.80. The van der Waals surface area contributed by atoms with Crippen molar-refractivity contribution in [2.24, 2.45) is 5.92 Å². The molecule has 0 saturated heterocycles. The van der Waals surface area contributed by atoms with Gasteiger partial charge in [-0.2, -0.15) is 0 Å². The van der Waals surface area contributed by atoms with Crippen molar-refractivity contribution < 1.29 is 14.3 Å². The Kier molecular flexibility index (Phi) is 4.92. The lowest BCUT2D eigenvalue weighted by Crippen LogP contribution is -2.19. The van der Waals surface area contributed by atoms with Gasteiger partial charge in [0.15, 0.2) is 0 Å². The zero-order valence-electron chi connectivity index (χ0n) is 15.3. The van der Waals surface area contributed by atoms with Crippen LogP contribution in [0.1, 0.15) is 23.2 Å². The second kappa shape index (κ2) is 7.52. The monoisotopic (exact) mass is 394 g/mol. The summed E-state index contributed by atoms with van der Waals surface area (Å²) in [6.07, 6.45) is 1.79. The van der Waals surface area contributed by atoms with Gasteiger partial charge in [-0.3, -0.25) is 9.59 Å². The first-order valence-corrected chi connectivity index (χ1v) is 9.41. The maximum absolute atomic E-state index is 13.0. The van der Waals surface area contributed by atoms with Crippen LogP contribution in [0.3, 0.4) is 0 Å². The second-order valence-electron chi connectivity index (χ2n) is 6.81. The number of hydrogen-bond donors (Lipinski definition) is 2. The van der Waals surface area contributed by atoms with Gasteiger partial charge in [-0.15, -0.1) is 0 Å². The number of halogens is 1. The van der Waals surface area contributed by atoms with Crippen LogP contribution >= 0.6 is 11.6 Å². The van der Waals surface area contributed by atoms with E-state index in [1.165, 1.54) is 7.11 Å². The van der Waals surface area contributed by atoms with Crippen LogP contribution in [0.25, 0.3) is 10.8 Å². The van der Waals surface area contributed by atoms with Gasteiger partial charge in [0.25, 0.3) is 5.91 Å². The highest BCUT2D eigenvalue weighted by atomic mass is 35.5. The Morgan fingerprint density at radius 2 is 1.71 bits per heavy atom. The molecule has 28 heavy (non-hydrogen) atoms. The van der Waals surface area contributed by atoms with Crippen LogP contribution in [0.2, 0.25) is 5.02 Å². The minimum absolute atomic E-state index is 0.0442. The van der Waals surface area contributed by atoms with Gasteiger partial charge in [0.2, 0.25) is 5.91 Å². The second-order valence-corrected chi connectivity index (χ2v) is 7.22. The van der Waals surface area contributed by atoms with E-state index < -0.39 is 0 Å². The molecule has 0 bridgehead atoms. The molecule has 0 spiro atoms. The Hall–Kier alpha value is -3.05. The number of anilines is 2. The highest BCUT2D eigenvalue weighted by Crippen LogP contribution is 2.32. The normalized spacial score (nSPS) is 13.2. The molecule has 4 rings (SSSR count). The molecule has 0 aliphatic heterocycles. The Bertz CT molecular complexity index is 1080. The Morgan fingerprint density at radius 3 is 2.36 bits per heavy atom. The molecule has 0 atom stereocenters. The van der Waals surface area contributed by atoms with Gasteiger partial charge in [0.1, 0.15) is 5.75 Å². The first-order chi connectivity index (χ1) is 13.5. The molecule has 1 fully saturated rings. The fourth-order valence-corrected chi connectivity index (χ4v) is 3.31. The molecule has 0 unspecified atom stereocenters. The van der Waals surface area contributed by atoms with Gasteiger partial charge < -0.3 is 15.4 Å². The molecule has 2 N–H and O–H groups in total. The van der Waals surface area contributed by atoms with E-state index in [-0.39, 0.29) is 17.7 Å². The van der Waals surface area contributed by atoms with E-state index >= 15 is 0 Å². The molecule has 0 heterocycles. The number of carbonyl (C=O) groups excluding carboxylic acids is 2. The summed E-state index contributed by atoms with van der Waals surface area (Å²) in [6.45, 7) is 0. The maximum Gasteiger partial charge on any atom is 0.257 e. The molecule has 3 aromatic carbocycles. The van der Waals surface area contributed by atoms with Gasteiger partial charge in [-0.05, 0) is 53.9 Å². The van der Waals surface area contributed by atoms with E-state index in [1.54, 1.807) is 24.3 Å². The summed E-state index contributed by atoms with van der Waals surface area (Å²) in [7, 11) is 1.53. The number of fused-ring (bicyclic) bond motifs is 1. The van der Waals surface area contributed by atoms with Crippen molar-refractivity contribution in [2.75, 3.05) is 17.7 Å². The molecule has 0 radical (unpaired) electrons. The summed E-state index contributed by atoms with van der Waals surface area (Å²) in [5.74, 6) is 0.209. The minimum atomic E-state index is -0.321. The van der Waals surface area contributed by atoms with Gasteiger partial charge in [-0.1, -0.05) is 35.9 Å². The minimum Gasteiger partial charge on any atom is -0.495 e. The standard InChI is InChI=1S/C22H19ClN2O3/c1-28-20-9-8-16(12-18(20)23)24-22(27)17-10-14-4-2-3-5-15(14)11-19(17)25-21(26)13-6-7-13/h2-5,8-13H,6-7H2,1H3,(H,24,27)(H,25,26). The zero-order chi connectivity index (χ0) is 19.7. The molecular weight excluding hydrogens is 376 g/mol. The Morgan fingerprint density at radius 1 is 1.00 bits per heavy atom. The Labute approximate surface area is 167 Å². The van der Waals surface area contributed by atoms with Crippen LogP contribution < -0.4 is 15.4 Å². The summed E-state index contributed by atoms with van der Waals surface area (Å²) < 4.78 is 5.14. The van der Waals surface area contributed by atoms with Crippen LogP contribution in [0, 0.1) is 5.92 Å². The van der Waals surface area contributed by atoms with Crippen LogP contribution in [0.5, 0.6) is 5.75 Å². The van der Waals surface area contributed by atoms with Gasteiger partial charge in [0.05, 0.1) is 23.4 Å². The summed E-state index contributed by atoms with van der Waals surface area (Å²) in [4.78, 5) is 25.3. The fraction of sp³-hybridized carbons (Fsp3) is 0.182. The fourth-order valence-electron chi connectivity index (χ4n) is 3.05. The quantitative estimate of drug-likeness (QED) is 0.632. The summed E-state index contributed by atoms with van der Waals surface area (Å²) in [5.41, 5.74) is 1.45. The number of carbonyl (C=O) groups is 2. The SMILES string of the molecule is COc1ccc(NC(=O)c2cc3ccccc3cc2NC(=O)C2CC2)cc1Cl. The molecule has 1 saturated carbocycles. The highest BCUT2D eigenvalue weighted by molar-refractivity contribution is 6.32.